The van der Waals surface area contributed by atoms with Crippen LogP contribution in [0.2, 0.25) is 0 Å². The Morgan fingerprint density at radius 2 is 2.29 bits per heavy atom. The predicted molar refractivity (Wildman–Crippen MR) is 66.6 cm³/mol. The Hall–Kier alpha value is -1.42. The fourth-order valence-electron chi connectivity index (χ4n) is 1.96. The number of amides is 1. The molecule has 0 aromatic carbocycles. The maximum atomic E-state index is 11.2. The summed E-state index contributed by atoms with van der Waals surface area (Å²) in [5, 5.41) is 2.83. The van der Waals surface area contributed by atoms with E-state index in [2.05, 4.69) is 41.2 Å². The van der Waals surface area contributed by atoms with Crippen LogP contribution in [-0.2, 0) is 11.3 Å². The summed E-state index contributed by atoms with van der Waals surface area (Å²) in [6.45, 7) is 7.23. The Balaban J connectivity index is 1.96. The third kappa shape index (κ3) is 3.27. The minimum absolute atomic E-state index is 0.114. The van der Waals surface area contributed by atoms with E-state index in [0.29, 0.717) is 12.5 Å². The second kappa shape index (κ2) is 5.27. The first-order chi connectivity index (χ1) is 8.15. The normalized spacial score (nSPS) is 17.2. The summed E-state index contributed by atoms with van der Waals surface area (Å²) < 4.78 is 0. The van der Waals surface area contributed by atoms with Crippen LogP contribution in [0.3, 0.4) is 0 Å². The first-order valence-corrected chi connectivity index (χ1v) is 6.09. The fraction of sp³-hybridized carbons (Fsp3) is 0.538. The van der Waals surface area contributed by atoms with Crippen LogP contribution in [0.1, 0.15) is 31.0 Å². The Kier molecular flexibility index (Phi) is 3.74. The summed E-state index contributed by atoms with van der Waals surface area (Å²) in [7, 11) is 0. The van der Waals surface area contributed by atoms with Gasteiger partial charge in [-0.3, -0.25) is 14.7 Å². The molecule has 4 nitrogen and oxygen atoms in total. The van der Waals surface area contributed by atoms with Crippen LogP contribution in [0, 0.1) is 0 Å². The molecule has 4 heteroatoms. The number of aromatic nitrogens is 1. The molecule has 1 aliphatic rings. The lowest BCUT2D eigenvalue weighted by molar-refractivity contribution is -0.124. The van der Waals surface area contributed by atoms with Gasteiger partial charge in [-0.25, -0.2) is 0 Å². The van der Waals surface area contributed by atoms with Crippen molar-refractivity contribution in [2.45, 2.75) is 26.3 Å². The van der Waals surface area contributed by atoms with Gasteiger partial charge in [-0.1, -0.05) is 19.9 Å². The molecule has 1 aromatic rings. The molecule has 2 heterocycles. The zero-order chi connectivity index (χ0) is 12.3. The molecule has 0 atom stereocenters. The molecule has 1 aliphatic heterocycles. The Labute approximate surface area is 102 Å². The van der Waals surface area contributed by atoms with Gasteiger partial charge in [0.2, 0.25) is 5.91 Å². The van der Waals surface area contributed by atoms with E-state index >= 15 is 0 Å². The number of carbonyl (C=O) groups is 1. The number of rotatable bonds is 3. The molecule has 1 N–H and O–H groups in total. The van der Waals surface area contributed by atoms with Crippen LogP contribution in [0.25, 0.3) is 0 Å². The molecular weight excluding hydrogens is 214 g/mol. The SMILES string of the molecule is CC(C)c1ccc(CN2CCNC(=O)C2)cn1. The molecular formula is C13H19N3O. The topological polar surface area (TPSA) is 45.2 Å². The molecule has 0 bridgehead atoms. The van der Waals surface area contributed by atoms with Crippen LogP contribution in [0.15, 0.2) is 18.3 Å². The highest BCUT2D eigenvalue weighted by atomic mass is 16.2. The van der Waals surface area contributed by atoms with Crippen molar-refractivity contribution < 1.29 is 4.79 Å². The smallest absolute Gasteiger partial charge is 0.234 e. The van der Waals surface area contributed by atoms with E-state index in [0.717, 1.165) is 25.3 Å². The number of nitrogens with one attached hydrogen (secondary N) is 1. The van der Waals surface area contributed by atoms with Crippen LogP contribution in [0.4, 0.5) is 0 Å². The summed E-state index contributed by atoms with van der Waals surface area (Å²) in [6, 6.07) is 4.18. The van der Waals surface area contributed by atoms with Gasteiger partial charge in [0.1, 0.15) is 0 Å². The van der Waals surface area contributed by atoms with E-state index in [-0.39, 0.29) is 5.91 Å². The highest BCUT2D eigenvalue weighted by Crippen LogP contribution is 2.12. The average molecular weight is 233 g/mol. The lowest BCUT2D eigenvalue weighted by atomic mass is 10.1. The highest BCUT2D eigenvalue weighted by molar-refractivity contribution is 5.78. The second-order valence-corrected chi connectivity index (χ2v) is 4.81. The average Bonchev–Trinajstić information content (AvgIpc) is 2.29. The van der Waals surface area contributed by atoms with Gasteiger partial charge in [0.05, 0.1) is 6.54 Å². The zero-order valence-electron chi connectivity index (χ0n) is 10.4. The molecule has 17 heavy (non-hydrogen) atoms. The molecule has 0 unspecified atom stereocenters. The minimum Gasteiger partial charge on any atom is -0.354 e. The predicted octanol–water partition coefficient (Wildman–Crippen LogP) is 1.14. The van der Waals surface area contributed by atoms with Gasteiger partial charge in [-0.2, -0.15) is 0 Å². The Morgan fingerprint density at radius 1 is 1.47 bits per heavy atom. The van der Waals surface area contributed by atoms with E-state index < -0.39 is 0 Å². The highest BCUT2D eigenvalue weighted by Gasteiger charge is 2.16. The first kappa shape index (κ1) is 12.0. The van der Waals surface area contributed by atoms with Crippen molar-refractivity contribution >= 4 is 5.91 Å². The zero-order valence-corrected chi connectivity index (χ0v) is 10.4. The number of hydrogen-bond acceptors (Lipinski definition) is 3. The minimum atomic E-state index is 0.114. The second-order valence-electron chi connectivity index (χ2n) is 4.81. The van der Waals surface area contributed by atoms with Gasteiger partial charge >= 0.3 is 0 Å². The summed E-state index contributed by atoms with van der Waals surface area (Å²) >= 11 is 0. The van der Waals surface area contributed by atoms with Crippen LogP contribution >= 0.6 is 0 Å². The summed E-state index contributed by atoms with van der Waals surface area (Å²) in [6.07, 6.45) is 1.92. The maximum Gasteiger partial charge on any atom is 0.234 e. The van der Waals surface area contributed by atoms with E-state index in [1.54, 1.807) is 0 Å². The van der Waals surface area contributed by atoms with Crippen LogP contribution < -0.4 is 5.32 Å². The van der Waals surface area contributed by atoms with Crippen molar-refractivity contribution in [3.05, 3.63) is 29.6 Å². The molecule has 1 aromatic heterocycles. The van der Waals surface area contributed by atoms with E-state index in [1.807, 2.05) is 6.20 Å². The number of hydrogen-bond donors (Lipinski definition) is 1. The quantitative estimate of drug-likeness (QED) is 0.851. The third-order valence-corrected chi connectivity index (χ3v) is 2.96. The van der Waals surface area contributed by atoms with Gasteiger partial charge in [-0.05, 0) is 17.5 Å². The molecule has 1 fully saturated rings. The summed E-state index contributed by atoms with van der Waals surface area (Å²) in [4.78, 5) is 17.8. The monoisotopic (exact) mass is 233 g/mol. The molecule has 0 radical (unpaired) electrons. The lowest BCUT2D eigenvalue weighted by Gasteiger charge is -2.26. The van der Waals surface area contributed by atoms with Crippen LogP contribution in [-0.4, -0.2) is 35.4 Å². The maximum absolute atomic E-state index is 11.2. The third-order valence-electron chi connectivity index (χ3n) is 2.96. The van der Waals surface area contributed by atoms with Crippen molar-refractivity contribution in [1.29, 1.82) is 0 Å². The van der Waals surface area contributed by atoms with Crippen molar-refractivity contribution in [3.63, 3.8) is 0 Å². The van der Waals surface area contributed by atoms with E-state index in [1.165, 1.54) is 5.56 Å². The van der Waals surface area contributed by atoms with Crippen LogP contribution in [0.5, 0.6) is 0 Å². The fourth-order valence-corrected chi connectivity index (χ4v) is 1.96. The number of pyridine rings is 1. The summed E-state index contributed by atoms with van der Waals surface area (Å²) in [5.41, 5.74) is 2.29. The molecule has 1 amide bonds. The lowest BCUT2D eigenvalue weighted by Crippen LogP contribution is -2.47. The van der Waals surface area contributed by atoms with Crippen molar-refractivity contribution in [3.8, 4) is 0 Å². The standard InChI is InChI=1S/C13H19N3O/c1-10(2)12-4-3-11(7-15-12)8-16-6-5-14-13(17)9-16/h3-4,7,10H,5-6,8-9H2,1-2H3,(H,14,17). The number of carbonyl (C=O) groups excluding carboxylic acids is 1. The van der Waals surface area contributed by atoms with Gasteiger partial charge in [-0.15, -0.1) is 0 Å². The largest absolute Gasteiger partial charge is 0.354 e. The van der Waals surface area contributed by atoms with Crippen molar-refractivity contribution in [2.75, 3.05) is 19.6 Å². The molecule has 0 spiro atoms. The molecule has 1 saturated heterocycles. The molecule has 2 rings (SSSR count). The van der Waals surface area contributed by atoms with Gasteiger partial charge < -0.3 is 5.32 Å². The van der Waals surface area contributed by atoms with Gasteiger partial charge in [0.15, 0.2) is 0 Å². The van der Waals surface area contributed by atoms with Gasteiger partial charge in [0.25, 0.3) is 0 Å². The number of nitrogens with zero attached hydrogens (tertiary/aromatic N) is 2. The van der Waals surface area contributed by atoms with Crippen molar-refractivity contribution in [1.82, 2.24) is 15.2 Å². The molecule has 0 aliphatic carbocycles. The van der Waals surface area contributed by atoms with Gasteiger partial charge in [0, 0.05) is 31.5 Å². The van der Waals surface area contributed by atoms with Crippen molar-refractivity contribution in [2.24, 2.45) is 0 Å². The Bertz CT molecular complexity index is 386. The number of piperazine rings is 1. The molecule has 0 saturated carbocycles. The Morgan fingerprint density at radius 3 is 2.88 bits per heavy atom. The summed E-state index contributed by atoms with van der Waals surface area (Å²) in [5.74, 6) is 0.577. The van der Waals surface area contributed by atoms with E-state index in [4.69, 9.17) is 0 Å². The van der Waals surface area contributed by atoms with E-state index in [9.17, 15) is 4.79 Å². The first-order valence-electron chi connectivity index (χ1n) is 6.09. The molecule has 92 valence electrons.